The maximum Gasteiger partial charge on any atom is 0.310 e. The van der Waals surface area contributed by atoms with Crippen molar-refractivity contribution in [2.45, 2.75) is 13.0 Å². The topological polar surface area (TPSA) is 48.0 Å². The number of likely N-dealkylation sites (tertiary alicyclic amines) is 1. The van der Waals surface area contributed by atoms with Gasteiger partial charge in [0.2, 0.25) is 0 Å². The lowest BCUT2D eigenvalue weighted by Gasteiger charge is -2.16. The van der Waals surface area contributed by atoms with Crippen molar-refractivity contribution in [1.29, 1.82) is 0 Å². The lowest BCUT2D eigenvalue weighted by Crippen LogP contribution is -2.23. The van der Waals surface area contributed by atoms with Crippen molar-refractivity contribution in [2.75, 3.05) is 34.4 Å². The summed E-state index contributed by atoms with van der Waals surface area (Å²) in [4.78, 5) is 13.8. The molecule has 5 heteroatoms. The highest BCUT2D eigenvalue weighted by Crippen LogP contribution is 2.29. The molecule has 0 amide bonds. The molecule has 0 N–H and O–H groups in total. The molecule has 1 aromatic rings. The maximum atomic E-state index is 11.5. The highest BCUT2D eigenvalue weighted by atomic mass is 16.5. The molecule has 1 aliphatic heterocycles. The van der Waals surface area contributed by atoms with Crippen LogP contribution in [0.25, 0.3) is 0 Å². The molecule has 1 saturated heterocycles. The van der Waals surface area contributed by atoms with Crippen LogP contribution in [0.5, 0.6) is 11.5 Å². The normalized spacial score (nSPS) is 18.9. The van der Waals surface area contributed by atoms with Crippen molar-refractivity contribution in [1.82, 2.24) is 4.90 Å². The van der Waals surface area contributed by atoms with Crippen molar-refractivity contribution >= 4 is 5.97 Å². The summed E-state index contributed by atoms with van der Waals surface area (Å²) in [7, 11) is 4.70. The molecule has 2 rings (SSSR count). The third-order valence-corrected chi connectivity index (χ3v) is 3.66. The molecule has 0 aromatic heterocycles. The number of carbonyl (C=O) groups excluding carboxylic acids is 1. The summed E-state index contributed by atoms with van der Waals surface area (Å²) < 4.78 is 15.3. The van der Waals surface area contributed by atoms with Gasteiger partial charge < -0.3 is 14.2 Å². The van der Waals surface area contributed by atoms with E-state index in [-0.39, 0.29) is 11.9 Å². The van der Waals surface area contributed by atoms with Crippen LogP contribution >= 0.6 is 0 Å². The number of esters is 1. The number of benzene rings is 1. The molecular weight excluding hydrogens is 258 g/mol. The smallest absolute Gasteiger partial charge is 0.310 e. The fraction of sp³-hybridized carbons (Fsp3) is 0.533. The highest BCUT2D eigenvalue weighted by Gasteiger charge is 2.28. The number of rotatable bonds is 5. The summed E-state index contributed by atoms with van der Waals surface area (Å²) in [6.07, 6.45) is 0.861. The Kier molecular flexibility index (Phi) is 4.84. The van der Waals surface area contributed by atoms with E-state index in [0.717, 1.165) is 43.1 Å². The first-order chi connectivity index (χ1) is 9.67. The summed E-state index contributed by atoms with van der Waals surface area (Å²) in [6, 6.07) is 5.90. The van der Waals surface area contributed by atoms with Gasteiger partial charge in [-0.15, -0.1) is 0 Å². The quantitative estimate of drug-likeness (QED) is 0.768. The van der Waals surface area contributed by atoms with Crippen molar-refractivity contribution in [2.24, 2.45) is 5.92 Å². The Morgan fingerprint density at radius 2 is 2.00 bits per heavy atom. The van der Waals surface area contributed by atoms with Gasteiger partial charge in [0.1, 0.15) is 0 Å². The van der Waals surface area contributed by atoms with Crippen LogP contribution in [0.15, 0.2) is 18.2 Å². The molecule has 0 radical (unpaired) electrons. The Labute approximate surface area is 119 Å². The maximum absolute atomic E-state index is 11.5. The number of nitrogens with zero attached hydrogens (tertiary/aromatic N) is 1. The third-order valence-electron chi connectivity index (χ3n) is 3.66. The van der Waals surface area contributed by atoms with Crippen LogP contribution < -0.4 is 9.47 Å². The molecule has 1 fully saturated rings. The second kappa shape index (κ2) is 6.61. The van der Waals surface area contributed by atoms with Gasteiger partial charge in [-0.2, -0.15) is 0 Å². The Hall–Kier alpha value is -1.75. The van der Waals surface area contributed by atoms with E-state index >= 15 is 0 Å². The summed E-state index contributed by atoms with van der Waals surface area (Å²) in [6.45, 7) is 2.46. The van der Waals surface area contributed by atoms with E-state index in [9.17, 15) is 4.79 Å². The molecule has 5 nitrogen and oxygen atoms in total. The van der Waals surface area contributed by atoms with Gasteiger partial charge in [-0.25, -0.2) is 0 Å². The van der Waals surface area contributed by atoms with Crippen LogP contribution in [0, 0.1) is 5.92 Å². The minimum atomic E-state index is -0.111. The summed E-state index contributed by atoms with van der Waals surface area (Å²) in [5.74, 6) is 1.35. The summed E-state index contributed by atoms with van der Waals surface area (Å²) >= 11 is 0. The van der Waals surface area contributed by atoms with Crippen molar-refractivity contribution < 1.29 is 19.0 Å². The van der Waals surface area contributed by atoms with Crippen molar-refractivity contribution in [3.8, 4) is 11.5 Å². The number of carbonyl (C=O) groups is 1. The zero-order valence-corrected chi connectivity index (χ0v) is 12.2. The van der Waals surface area contributed by atoms with E-state index < -0.39 is 0 Å². The zero-order valence-electron chi connectivity index (χ0n) is 12.2. The Bertz CT molecular complexity index is 475. The van der Waals surface area contributed by atoms with Gasteiger partial charge in [0, 0.05) is 13.1 Å². The molecular formula is C15H21NO4. The number of hydrogen-bond acceptors (Lipinski definition) is 5. The Morgan fingerprint density at radius 3 is 2.65 bits per heavy atom. The van der Waals surface area contributed by atoms with E-state index in [1.807, 2.05) is 18.2 Å². The third kappa shape index (κ3) is 3.22. The summed E-state index contributed by atoms with van der Waals surface area (Å²) in [5, 5.41) is 0. The SMILES string of the molecule is COC(=O)C1CCN(Cc2ccc(OC)c(OC)c2)C1. The largest absolute Gasteiger partial charge is 0.493 e. The van der Waals surface area contributed by atoms with E-state index in [1.54, 1.807) is 14.2 Å². The number of methoxy groups -OCH3 is 3. The van der Waals surface area contributed by atoms with Crippen LogP contribution in [0.1, 0.15) is 12.0 Å². The van der Waals surface area contributed by atoms with Crippen molar-refractivity contribution in [3.63, 3.8) is 0 Å². The molecule has 0 saturated carbocycles. The fourth-order valence-electron chi connectivity index (χ4n) is 2.57. The van der Waals surface area contributed by atoms with Crippen LogP contribution in [-0.2, 0) is 16.1 Å². The minimum absolute atomic E-state index is 0.000133. The molecule has 1 heterocycles. The molecule has 0 aliphatic carbocycles. The molecule has 110 valence electrons. The van der Waals surface area contributed by atoms with Gasteiger partial charge in [-0.1, -0.05) is 6.07 Å². The average Bonchev–Trinajstić information content (AvgIpc) is 2.94. The molecule has 1 unspecified atom stereocenters. The zero-order chi connectivity index (χ0) is 14.5. The Balaban J connectivity index is 1.99. The van der Waals surface area contributed by atoms with E-state index in [2.05, 4.69) is 4.90 Å². The van der Waals surface area contributed by atoms with Crippen LogP contribution in [-0.4, -0.2) is 45.3 Å². The average molecular weight is 279 g/mol. The predicted octanol–water partition coefficient (Wildman–Crippen LogP) is 1.70. The fourth-order valence-corrected chi connectivity index (χ4v) is 2.57. The second-order valence-corrected chi connectivity index (χ2v) is 4.93. The highest BCUT2D eigenvalue weighted by molar-refractivity contribution is 5.72. The molecule has 0 spiro atoms. The molecule has 20 heavy (non-hydrogen) atoms. The standard InChI is InChI=1S/C15H21NO4/c1-18-13-5-4-11(8-14(13)19-2)9-16-7-6-12(10-16)15(17)20-3/h4-5,8,12H,6-7,9-10H2,1-3H3. The van der Waals surface area contributed by atoms with Crippen LogP contribution in [0.2, 0.25) is 0 Å². The van der Waals surface area contributed by atoms with Gasteiger partial charge in [0.15, 0.2) is 11.5 Å². The van der Waals surface area contributed by atoms with E-state index in [4.69, 9.17) is 14.2 Å². The summed E-state index contributed by atoms with van der Waals surface area (Å²) in [5.41, 5.74) is 1.15. The van der Waals surface area contributed by atoms with E-state index in [0.29, 0.717) is 0 Å². The van der Waals surface area contributed by atoms with Crippen LogP contribution in [0.3, 0.4) is 0 Å². The molecule has 1 aromatic carbocycles. The Morgan fingerprint density at radius 1 is 1.25 bits per heavy atom. The number of hydrogen-bond donors (Lipinski definition) is 0. The monoisotopic (exact) mass is 279 g/mol. The van der Waals surface area contributed by atoms with E-state index in [1.165, 1.54) is 7.11 Å². The van der Waals surface area contributed by atoms with Crippen molar-refractivity contribution in [3.05, 3.63) is 23.8 Å². The lowest BCUT2D eigenvalue weighted by molar-refractivity contribution is -0.144. The van der Waals surface area contributed by atoms with Gasteiger partial charge in [0.25, 0.3) is 0 Å². The minimum Gasteiger partial charge on any atom is -0.493 e. The molecule has 0 bridgehead atoms. The predicted molar refractivity (Wildman–Crippen MR) is 74.9 cm³/mol. The first-order valence-electron chi connectivity index (χ1n) is 6.69. The van der Waals surface area contributed by atoms with Gasteiger partial charge >= 0.3 is 5.97 Å². The van der Waals surface area contributed by atoms with Gasteiger partial charge in [-0.05, 0) is 30.7 Å². The lowest BCUT2D eigenvalue weighted by atomic mass is 10.1. The number of ether oxygens (including phenoxy) is 3. The molecule has 1 atom stereocenters. The van der Waals surface area contributed by atoms with Gasteiger partial charge in [0.05, 0.1) is 27.2 Å². The van der Waals surface area contributed by atoms with Gasteiger partial charge in [-0.3, -0.25) is 9.69 Å². The second-order valence-electron chi connectivity index (χ2n) is 4.93. The first-order valence-corrected chi connectivity index (χ1v) is 6.69. The van der Waals surface area contributed by atoms with Crippen LogP contribution in [0.4, 0.5) is 0 Å². The first kappa shape index (κ1) is 14.7. The molecule has 1 aliphatic rings.